The molecule has 0 bridgehead atoms. The number of ether oxygens (including phenoxy) is 2. The predicted molar refractivity (Wildman–Crippen MR) is 260 cm³/mol. The van der Waals surface area contributed by atoms with Gasteiger partial charge in [-0.15, -0.1) is 30.0 Å². The normalized spacial score (nSPS) is 11.8. The minimum atomic E-state index is -0.340. The van der Waals surface area contributed by atoms with Crippen molar-refractivity contribution in [1.82, 2.24) is 30.0 Å². The average Bonchev–Trinajstić information content (AvgIpc) is 3.88. The number of hydrogen-bond donors (Lipinski definition) is 2. The Labute approximate surface area is 389 Å². The van der Waals surface area contributed by atoms with Crippen LogP contribution in [-0.2, 0) is 42.7 Å². The molecule has 0 aliphatic rings. The van der Waals surface area contributed by atoms with Crippen molar-refractivity contribution in [2.75, 3.05) is 13.2 Å². The minimum absolute atomic E-state index is 0.0955. The standard InChI is InChI=1S/C26H34ClN3O3.C26H35N3O3/c1-5-6-7-8-9-10-13-33-24(31)16-18-14-20(26(2,3)4)25(32)23(15-18)30-28-21-12-11-19(27)17-22(21)29-30;1-5-6-7-8-9-12-15-32-24(30)18-19-16-20(26(2,3)4)25(31)23(17-19)29-27-21-13-10-11-14-22(21)28-29/h11-12,14-15,17,32H,5-10,13,16H2,1-4H3;10-11,13-14,16-17,31H,5-9,12,15,18H2,1-4H3. The first-order valence-corrected chi connectivity index (χ1v) is 23.8. The van der Waals surface area contributed by atoms with Crippen molar-refractivity contribution in [2.24, 2.45) is 0 Å². The third kappa shape index (κ3) is 14.8. The molecule has 0 saturated carbocycles. The molecule has 0 unspecified atom stereocenters. The number of carbonyl (C=O) groups excluding carboxylic acids is 2. The van der Waals surface area contributed by atoms with E-state index in [9.17, 15) is 19.8 Å². The van der Waals surface area contributed by atoms with Gasteiger partial charge < -0.3 is 19.7 Å². The molecule has 0 atom stereocenters. The molecule has 6 rings (SSSR count). The van der Waals surface area contributed by atoms with Crippen molar-refractivity contribution in [3.63, 3.8) is 0 Å². The fraction of sp³-hybridized carbons (Fsp3) is 0.500. The third-order valence-electron chi connectivity index (χ3n) is 11.2. The first-order valence-electron chi connectivity index (χ1n) is 23.4. The summed E-state index contributed by atoms with van der Waals surface area (Å²) in [5.74, 6) is -0.306. The highest BCUT2D eigenvalue weighted by atomic mass is 35.5. The number of nitrogens with zero attached hydrogens (tertiary/aromatic N) is 6. The van der Waals surface area contributed by atoms with Crippen molar-refractivity contribution >= 4 is 45.6 Å². The van der Waals surface area contributed by atoms with Crippen LogP contribution in [0.1, 0.15) is 155 Å². The molecule has 6 aromatic rings. The quantitative estimate of drug-likeness (QED) is 0.0559. The lowest BCUT2D eigenvalue weighted by Gasteiger charge is -2.23. The van der Waals surface area contributed by atoms with Gasteiger partial charge in [0.2, 0.25) is 0 Å². The molecule has 13 heteroatoms. The van der Waals surface area contributed by atoms with Gasteiger partial charge in [0.05, 0.1) is 26.1 Å². The molecule has 0 radical (unpaired) electrons. The molecular formula is C52H69ClN6O6. The number of esters is 2. The van der Waals surface area contributed by atoms with Crippen molar-refractivity contribution in [2.45, 2.75) is 156 Å². The Morgan fingerprint density at radius 3 is 1.34 bits per heavy atom. The highest BCUT2D eigenvalue weighted by Crippen LogP contribution is 2.38. The monoisotopic (exact) mass is 908 g/mol. The zero-order valence-corrected chi connectivity index (χ0v) is 40.5. The molecule has 65 heavy (non-hydrogen) atoms. The average molecular weight is 910 g/mol. The number of carbonyl (C=O) groups is 2. The van der Waals surface area contributed by atoms with E-state index in [1.807, 2.05) is 77.9 Å². The summed E-state index contributed by atoms with van der Waals surface area (Å²) in [5.41, 5.74) is 6.01. The van der Waals surface area contributed by atoms with Gasteiger partial charge in [0.15, 0.2) is 0 Å². The van der Waals surface area contributed by atoms with Crippen LogP contribution < -0.4 is 0 Å². The van der Waals surface area contributed by atoms with Gasteiger partial charge in [0, 0.05) is 16.1 Å². The second-order valence-corrected chi connectivity index (χ2v) is 19.4. The van der Waals surface area contributed by atoms with Gasteiger partial charge in [-0.05, 0) is 77.3 Å². The SMILES string of the molecule is CCCCCCCCOC(=O)Cc1cc(-n2nc3ccc(Cl)cc3n2)c(O)c(C(C)(C)C)c1.CCCCCCCCOC(=O)Cc1cc(-n2nc3ccccc3n2)c(O)c(C(C)(C)C)c1. The van der Waals surface area contributed by atoms with Gasteiger partial charge in [-0.2, -0.15) is 0 Å². The summed E-state index contributed by atoms with van der Waals surface area (Å²) < 4.78 is 10.9. The van der Waals surface area contributed by atoms with Crippen molar-refractivity contribution in [3.05, 3.63) is 94.0 Å². The van der Waals surface area contributed by atoms with Crippen molar-refractivity contribution < 1.29 is 29.3 Å². The molecular weight excluding hydrogens is 840 g/mol. The van der Waals surface area contributed by atoms with E-state index >= 15 is 0 Å². The smallest absolute Gasteiger partial charge is 0.310 e. The number of fused-ring (bicyclic) bond motifs is 2. The third-order valence-corrected chi connectivity index (χ3v) is 11.4. The lowest BCUT2D eigenvalue weighted by Crippen LogP contribution is -2.16. The van der Waals surface area contributed by atoms with E-state index in [0.717, 1.165) is 59.0 Å². The number of benzene rings is 4. The van der Waals surface area contributed by atoms with Crippen molar-refractivity contribution in [1.29, 1.82) is 0 Å². The molecule has 12 nitrogen and oxygen atoms in total. The summed E-state index contributed by atoms with van der Waals surface area (Å²) in [6.45, 7) is 17.4. The van der Waals surface area contributed by atoms with Crippen LogP contribution in [0.15, 0.2) is 66.7 Å². The lowest BCUT2D eigenvalue weighted by atomic mass is 9.84. The summed E-state index contributed by atoms with van der Waals surface area (Å²) in [7, 11) is 0. The molecule has 0 spiro atoms. The zero-order valence-electron chi connectivity index (χ0n) is 39.8. The minimum Gasteiger partial charge on any atom is -0.505 e. The molecule has 350 valence electrons. The first kappa shape index (κ1) is 50.5. The Bertz CT molecular complexity index is 2470. The van der Waals surface area contributed by atoms with Crippen LogP contribution in [0.4, 0.5) is 0 Å². The Kier molecular flexibility index (Phi) is 18.4. The van der Waals surface area contributed by atoms with Gasteiger partial charge >= 0.3 is 11.9 Å². The van der Waals surface area contributed by atoms with Gasteiger partial charge in [0.1, 0.15) is 44.9 Å². The topological polar surface area (TPSA) is 154 Å². The van der Waals surface area contributed by atoms with Crippen LogP contribution in [0.2, 0.25) is 5.02 Å². The number of hydrogen-bond acceptors (Lipinski definition) is 10. The van der Waals surface area contributed by atoms with Gasteiger partial charge in [-0.3, -0.25) is 9.59 Å². The van der Waals surface area contributed by atoms with Crippen LogP contribution in [0.3, 0.4) is 0 Å². The van der Waals surface area contributed by atoms with E-state index in [2.05, 4.69) is 34.2 Å². The van der Waals surface area contributed by atoms with Crippen LogP contribution in [0.5, 0.6) is 11.5 Å². The molecule has 4 aromatic carbocycles. The second-order valence-electron chi connectivity index (χ2n) is 19.0. The number of rotatable bonds is 20. The van der Waals surface area contributed by atoms with Crippen molar-refractivity contribution in [3.8, 4) is 22.9 Å². The summed E-state index contributed by atoms with van der Waals surface area (Å²) in [5, 5.41) is 40.6. The maximum absolute atomic E-state index is 12.5. The number of phenolic OH excluding ortho intramolecular Hbond substituents is 2. The Hall–Kier alpha value is -5.49. The number of unbranched alkanes of at least 4 members (excludes halogenated alkanes) is 10. The Morgan fingerprint density at radius 1 is 0.538 bits per heavy atom. The summed E-state index contributed by atoms with van der Waals surface area (Å²) in [4.78, 5) is 27.8. The maximum atomic E-state index is 12.5. The van der Waals surface area contributed by atoms with E-state index in [4.69, 9.17) is 21.1 Å². The molecule has 2 aromatic heterocycles. The fourth-order valence-electron chi connectivity index (χ4n) is 7.54. The maximum Gasteiger partial charge on any atom is 0.310 e. The Morgan fingerprint density at radius 2 is 0.923 bits per heavy atom. The van der Waals surface area contributed by atoms with Crippen LogP contribution in [-0.4, -0.2) is 65.4 Å². The molecule has 0 aliphatic carbocycles. The van der Waals surface area contributed by atoms with E-state index in [1.54, 1.807) is 30.3 Å². The molecule has 0 amide bonds. The number of phenols is 2. The predicted octanol–water partition coefficient (Wildman–Crippen LogP) is 12.4. The van der Waals surface area contributed by atoms with E-state index < -0.39 is 0 Å². The summed E-state index contributed by atoms with van der Waals surface area (Å²) in [6, 6.07) is 20.1. The number of aromatic nitrogens is 6. The number of aromatic hydroxyl groups is 2. The first-order chi connectivity index (χ1) is 31.0. The van der Waals surface area contributed by atoms with E-state index in [1.165, 1.54) is 61.0 Å². The second kappa shape index (κ2) is 23.6. The highest BCUT2D eigenvalue weighted by Gasteiger charge is 2.26. The molecule has 2 N–H and O–H groups in total. The molecule has 2 heterocycles. The van der Waals surface area contributed by atoms with Crippen LogP contribution in [0.25, 0.3) is 33.4 Å². The summed E-state index contributed by atoms with van der Waals surface area (Å²) in [6.07, 6.45) is 14.0. The molecule has 0 fully saturated rings. The Balaban J connectivity index is 0.000000244. The van der Waals surface area contributed by atoms with Gasteiger partial charge in [-0.25, -0.2) is 0 Å². The van der Waals surface area contributed by atoms with E-state index in [-0.39, 0.29) is 47.1 Å². The lowest BCUT2D eigenvalue weighted by molar-refractivity contribution is -0.143. The summed E-state index contributed by atoms with van der Waals surface area (Å²) >= 11 is 6.08. The molecule has 0 saturated heterocycles. The number of halogens is 1. The van der Waals surface area contributed by atoms with E-state index in [0.29, 0.717) is 40.6 Å². The zero-order chi connectivity index (χ0) is 47.1. The highest BCUT2D eigenvalue weighted by molar-refractivity contribution is 6.31. The van der Waals surface area contributed by atoms with Crippen LogP contribution in [0, 0.1) is 0 Å². The molecule has 0 aliphatic heterocycles. The van der Waals surface area contributed by atoms with Gasteiger partial charge in [-0.1, -0.05) is 155 Å². The fourth-order valence-corrected chi connectivity index (χ4v) is 7.71. The van der Waals surface area contributed by atoms with Crippen LogP contribution >= 0.6 is 11.6 Å². The largest absolute Gasteiger partial charge is 0.505 e. The van der Waals surface area contributed by atoms with Gasteiger partial charge in [0.25, 0.3) is 0 Å².